The third-order valence-electron chi connectivity index (χ3n) is 5.67. The molecule has 2 heteroatoms. The molecule has 0 amide bonds. The van der Waals surface area contributed by atoms with Gasteiger partial charge in [0, 0.05) is 30.9 Å². The Morgan fingerprint density at radius 3 is 2.57 bits per heavy atom. The lowest BCUT2D eigenvalue weighted by molar-refractivity contribution is 0.330. The Bertz CT molecular complexity index is 458. The highest BCUT2D eigenvalue weighted by Gasteiger charge is 2.37. The zero-order chi connectivity index (χ0) is 14.7. The third kappa shape index (κ3) is 3.11. The molecular weight excluding hydrogens is 256 g/mol. The van der Waals surface area contributed by atoms with Gasteiger partial charge in [0.05, 0.1) is 0 Å². The second kappa shape index (κ2) is 6.39. The van der Waals surface area contributed by atoms with Crippen molar-refractivity contribution in [3.8, 4) is 0 Å². The maximum Gasteiger partial charge on any atom is 0.0412 e. The topological polar surface area (TPSA) is 15.3 Å². The van der Waals surface area contributed by atoms with Crippen LogP contribution >= 0.6 is 0 Å². The molecule has 1 spiro atoms. The first kappa shape index (κ1) is 14.9. The molecule has 1 heterocycles. The number of hydrogen-bond donors (Lipinski definition) is 1. The number of hydrogen-bond acceptors (Lipinski definition) is 2. The van der Waals surface area contributed by atoms with Crippen molar-refractivity contribution in [1.82, 2.24) is 5.32 Å². The summed E-state index contributed by atoms with van der Waals surface area (Å²) in [4.78, 5) is 2.69. The minimum atomic E-state index is 0.366. The molecule has 1 aromatic carbocycles. The summed E-state index contributed by atoms with van der Waals surface area (Å²) < 4.78 is 0. The monoisotopic (exact) mass is 286 g/mol. The Hall–Kier alpha value is -1.02. The summed E-state index contributed by atoms with van der Waals surface area (Å²) in [7, 11) is 0. The van der Waals surface area contributed by atoms with Gasteiger partial charge < -0.3 is 10.2 Å². The fourth-order valence-electron chi connectivity index (χ4n) is 4.17. The van der Waals surface area contributed by atoms with E-state index in [1.165, 1.54) is 62.9 Å². The largest absolute Gasteiger partial charge is 0.369 e. The Balaban J connectivity index is 1.88. The molecule has 2 nitrogen and oxygen atoms in total. The zero-order valence-corrected chi connectivity index (χ0v) is 13.7. The van der Waals surface area contributed by atoms with Crippen LogP contribution in [0.2, 0.25) is 0 Å². The number of anilines is 1. The van der Waals surface area contributed by atoms with Gasteiger partial charge in [0.1, 0.15) is 0 Å². The fourth-order valence-corrected chi connectivity index (χ4v) is 4.17. The molecule has 0 atom stereocenters. The SMILES string of the molecule is CCC(CC)CN1CC2(CCCC2)NCc2ccccc21. The number of nitrogens with zero attached hydrogens (tertiary/aromatic N) is 1. The van der Waals surface area contributed by atoms with Crippen LogP contribution < -0.4 is 10.2 Å². The van der Waals surface area contributed by atoms with Crippen LogP contribution in [-0.2, 0) is 6.54 Å². The van der Waals surface area contributed by atoms with E-state index in [0.29, 0.717) is 5.54 Å². The van der Waals surface area contributed by atoms with Crippen molar-refractivity contribution < 1.29 is 0 Å². The molecule has 1 fully saturated rings. The quantitative estimate of drug-likeness (QED) is 0.885. The number of fused-ring (bicyclic) bond motifs is 1. The normalized spacial score (nSPS) is 20.8. The van der Waals surface area contributed by atoms with Gasteiger partial charge in [-0.05, 0) is 30.4 Å². The predicted octanol–water partition coefficient (Wildman–Crippen LogP) is 4.35. The lowest BCUT2D eigenvalue weighted by atomic mass is 9.95. The number of rotatable bonds is 4. The van der Waals surface area contributed by atoms with Gasteiger partial charge in [-0.25, -0.2) is 0 Å². The van der Waals surface area contributed by atoms with Gasteiger partial charge in [-0.3, -0.25) is 0 Å². The highest BCUT2D eigenvalue weighted by molar-refractivity contribution is 5.55. The first-order chi connectivity index (χ1) is 10.3. The molecule has 0 bridgehead atoms. The number of para-hydroxylation sites is 1. The molecule has 0 aromatic heterocycles. The van der Waals surface area contributed by atoms with Crippen molar-refractivity contribution in [2.45, 2.75) is 64.5 Å². The first-order valence-electron chi connectivity index (χ1n) is 8.84. The van der Waals surface area contributed by atoms with E-state index in [0.717, 1.165) is 12.5 Å². The van der Waals surface area contributed by atoms with Crippen molar-refractivity contribution in [1.29, 1.82) is 0 Å². The minimum Gasteiger partial charge on any atom is -0.369 e. The van der Waals surface area contributed by atoms with Crippen LogP contribution in [0.5, 0.6) is 0 Å². The maximum atomic E-state index is 3.91. The molecule has 1 aliphatic carbocycles. The van der Waals surface area contributed by atoms with Crippen LogP contribution in [0.1, 0.15) is 57.9 Å². The third-order valence-corrected chi connectivity index (χ3v) is 5.67. The molecule has 2 aliphatic rings. The molecule has 0 saturated heterocycles. The molecule has 0 unspecified atom stereocenters. The Morgan fingerprint density at radius 2 is 1.86 bits per heavy atom. The molecule has 116 valence electrons. The smallest absolute Gasteiger partial charge is 0.0412 e. The standard InChI is InChI=1S/C19H30N2/c1-3-16(4-2)14-21-15-19(11-7-8-12-19)20-13-17-9-5-6-10-18(17)21/h5-6,9-10,16,20H,3-4,7-8,11-15H2,1-2H3. The summed E-state index contributed by atoms with van der Waals surface area (Å²) in [6, 6.07) is 9.01. The van der Waals surface area contributed by atoms with Crippen molar-refractivity contribution in [3.63, 3.8) is 0 Å². The summed E-state index contributed by atoms with van der Waals surface area (Å²) in [6.07, 6.45) is 8.05. The van der Waals surface area contributed by atoms with Crippen LogP contribution in [0.15, 0.2) is 24.3 Å². The molecule has 1 aliphatic heterocycles. The Kier molecular flexibility index (Phi) is 4.54. The van der Waals surface area contributed by atoms with E-state index in [9.17, 15) is 0 Å². The van der Waals surface area contributed by atoms with Gasteiger partial charge in [0.15, 0.2) is 0 Å². The van der Waals surface area contributed by atoms with E-state index in [1.807, 2.05) is 0 Å². The van der Waals surface area contributed by atoms with Crippen molar-refractivity contribution in [3.05, 3.63) is 29.8 Å². The molecule has 0 radical (unpaired) electrons. The first-order valence-corrected chi connectivity index (χ1v) is 8.84. The molecular formula is C19H30N2. The molecule has 3 rings (SSSR count). The van der Waals surface area contributed by atoms with Crippen LogP contribution in [-0.4, -0.2) is 18.6 Å². The van der Waals surface area contributed by atoms with Crippen LogP contribution in [0, 0.1) is 5.92 Å². The van der Waals surface area contributed by atoms with Gasteiger partial charge >= 0.3 is 0 Å². The van der Waals surface area contributed by atoms with E-state index in [4.69, 9.17) is 0 Å². The fraction of sp³-hybridized carbons (Fsp3) is 0.684. The van der Waals surface area contributed by atoms with E-state index >= 15 is 0 Å². The van der Waals surface area contributed by atoms with Crippen LogP contribution in [0.3, 0.4) is 0 Å². The number of nitrogens with one attached hydrogen (secondary N) is 1. The average Bonchev–Trinajstić information content (AvgIpc) is 2.92. The van der Waals surface area contributed by atoms with Crippen molar-refractivity contribution in [2.75, 3.05) is 18.0 Å². The van der Waals surface area contributed by atoms with Gasteiger partial charge in [-0.2, -0.15) is 0 Å². The second-order valence-corrected chi connectivity index (χ2v) is 7.03. The average molecular weight is 286 g/mol. The van der Waals surface area contributed by atoms with E-state index in [-0.39, 0.29) is 0 Å². The van der Waals surface area contributed by atoms with Crippen molar-refractivity contribution in [2.24, 2.45) is 5.92 Å². The summed E-state index contributed by atoms with van der Waals surface area (Å²) in [5.74, 6) is 0.814. The van der Waals surface area contributed by atoms with Crippen molar-refractivity contribution >= 4 is 5.69 Å². The summed E-state index contributed by atoms with van der Waals surface area (Å²) in [5.41, 5.74) is 3.32. The van der Waals surface area contributed by atoms with E-state index in [1.54, 1.807) is 0 Å². The minimum absolute atomic E-state index is 0.366. The number of benzene rings is 1. The lowest BCUT2D eigenvalue weighted by Gasteiger charge is -2.36. The van der Waals surface area contributed by atoms with Gasteiger partial charge in [0.2, 0.25) is 0 Å². The van der Waals surface area contributed by atoms with Crippen LogP contribution in [0.4, 0.5) is 5.69 Å². The molecule has 21 heavy (non-hydrogen) atoms. The Morgan fingerprint density at radius 1 is 1.14 bits per heavy atom. The predicted molar refractivity (Wildman–Crippen MR) is 90.8 cm³/mol. The maximum absolute atomic E-state index is 3.91. The summed E-state index contributed by atoms with van der Waals surface area (Å²) in [6.45, 7) is 8.12. The van der Waals surface area contributed by atoms with Crippen LogP contribution in [0.25, 0.3) is 0 Å². The highest BCUT2D eigenvalue weighted by Crippen LogP contribution is 2.36. The van der Waals surface area contributed by atoms with Gasteiger partial charge in [0.25, 0.3) is 0 Å². The molecule has 1 aromatic rings. The molecule has 1 N–H and O–H groups in total. The zero-order valence-electron chi connectivity index (χ0n) is 13.7. The van der Waals surface area contributed by atoms with E-state index < -0.39 is 0 Å². The summed E-state index contributed by atoms with van der Waals surface area (Å²) >= 11 is 0. The lowest BCUT2D eigenvalue weighted by Crippen LogP contribution is -2.50. The second-order valence-electron chi connectivity index (χ2n) is 7.03. The Labute approximate surface area is 129 Å². The van der Waals surface area contributed by atoms with E-state index in [2.05, 4.69) is 48.3 Å². The summed E-state index contributed by atoms with van der Waals surface area (Å²) in [5, 5.41) is 3.91. The molecule has 1 saturated carbocycles. The van der Waals surface area contributed by atoms with Gasteiger partial charge in [-0.1, -0.05) is 57.7 Å². The van der Waals surface area contributed by atoms with Gasteiger partial charge in [-0.15, -0.1) is 0 Å². The highest BCUT2D eigenvalue weighted by atomic mass is 15.2.